The van der Waals surface area contributed by atoms with Crippen LogP contribution in [0.15, 0.2) is 24.3 Å². The smallest absolute Gasteiger partial charge is 0.307 e. The fraction of sp³-hybridized carbons (Fsp3) is 0.529. The molecule has 1 aliphatic carbocycles. The molecule has 0 saturated heterocycles. The summed E-state index contributed by atoms with van der Waals surface area (Å²) in [6.07, 6.45) is 1.37. The number of carbonyl (C=O) groups excluding carboxylic acids is 1. The van der Waals surface area contributed by atoms with E-state index in [9.17, 15) is 14.7 Å². The highest BCUT2D eigenvalue weighted by Gasteiger charge is 2.35. The van der Waals surface area contributed by atoms with Crippen molar-refractivity contribution >= 4 is 11.9 Å². The predicted molar refractivity (Wildman–Crippen MR) is 78.9 cm³/mol. The molecule has 0 aliphatic heterocycles. The number of rotatable bonds is 4. The number of hydrogen-bond donors (Lipinski definition) is 1. The van der Waals surface area contributed by atoms with Crippen molar-refractivity contribution in [1.82, 2.24) is 0 Å². The normalized spacial score (nSPS) is 16.3. The second kappa shape index (κ2) is 5.88. The van der Waals surface area contributed by atoms with Crippen LogP contribution in [0.3, 0.4) is 0 Å². The number of carbonyl (C=O) groups is 2. The summed E-state index contributed by atoms with van der Waals surface area (Å²) in [7, 11) is 0. The molecule has 1 aliphatic rings. The molecule has 0 aromatic heterocycles. The van der Waals surface area contributed by atoms with Crippen LogP contribution in [0.25, 0.3) is 0 Å². The molecule has 4 heteroatoms. The Morgan fingerprint density at radius 3 is 2.19 bits per heavy atom. The maximum Gasteiger partial charge on any atom is 0.307 e. The van der Waals surface area contributed by atoms with Gasteiger partial charge in [0.1, 0.15) is 5.60 Å². The van der Waals surface area contributed by atoms with Gasteiger partial charge in [0.05, 0.1) is 12.3 Å². The molecule has 0 spiro atoms. The molecule has 1 N–H and O–H groups in total. The van der Waals surface area contributed by atoms with Gasteiger partial charge in [-0.2, -0.15) is 0 Å². The first-order valence-corrected chi connectivity index (χ1v) is 7.27. The van der Waals surface area contributed by atoms with Crippen molar-refractivity contribution in [3.05, 3.63) is 35.4 Å². The fourth-order valence-electron chi connectivity index (χ4n) is 2.90. The van der Waals surface area contributed by atoms with Crippen LogP contribution in [0.1, 0.15) is 38.3 Å². The topological polar surface area (TPSA) is 63.6 Å². The first-order valence-electron chi connectivity index (χ1n) is 7.27. The molecule has 4 nitrogen and oxygen atoms in total. The van der Waals surface area contributed by atoms with E-state index in [1.807, 2.05) is 24.3 Å². The number of carboxylic acids is 1. The summed E-state index contributed by atoms with van der Waals surface area (Å²) in [6.45, 7) is 5.35. The van der Waals surface area contributed by atoms with Crippen molar-refractivity contribution < 1.29 is 19.4 Å². The summed E-state index contributed by atoms with van der Waals surface area (Å²) in [4.78, 5) is 23.4. The van der Waals surface area contributed by atoms with Crippen molar-refractivity contribution in [3.63, 3.8) is 0 Å². The molecule has 21 heavy (non-hydrogen) atoms. The molecule has 0 amide bonds. The molecule has 0 heterocycles. The number of benzene rings is 1. The summed E-state index contributed by atoms with van der Waals surface area (Å²) in [6, 6.07) is 7.99. The number of fused-ring (bicyclic) bond motifs is 1. The minimum absolute atomic E-state index is 0.0348. The van der Waals surface area contributed by atoms with E-state index in [1.165, 1.54) is 11.1 Å². The highest BCUT2D eigenvalue weighted by Crippen LogP contribution is 2.33. The monoisotopic (exact) mass is 290 g/mol. The van der Waals surface area contributed by atoms with Gasteiger partial charge in [-0.25, -0.2) is 0 Å². The van der Waals surface area contributed by atoms with Crippen LogP contribution in [0.4, 0.5) is 0 Å². The number of esters is 1. The Morgan fingerprint density at radius 2 is 1.76 bits per heavy atom. The van der Waals surface area contributed by atoms with Gasteiger partial charge in [-0.15, -0.1) is 0 Å². The summed E-state index contributed by atoms with van der Waals surface area (Å²) < 4.78 is 5.25. The summed E-state index contributed by atoms with van der Waals surface area (Å²) in [5.41, 5.74) is 1.80. The van der Waals surface area contributed by atoms with Crippen LogP contribution in [-0.2, 0) is 27.2 Å². The Kier molecular flexibility index (Phi) is 4.35. The van der Waals surface area contributed by atoms with E-state index in [4.69, 9.17) is 4.74 Å². The Hall–Kier alpha value is -1.84. The quantitative estimate of drug-likeness (QED) is 0.866. The minimum Gasteiger partial charge on any atom is -0.481 e. The lowest BCUT2D eigenvalue weighted by atomic mass is 9.87. The van der Waals surface area contributed by atoms with Gasteiger partial charge in [-0.3, -0.25) is 9.59 Å². The van der Waals surface area contributed by atoms with E-state index < -0.39 is 23.5 Å². The number of ether oxygens (including phenoxy) is 1. The average molecular weight is 290 g/mol. The zero-order valence-electron chi connectivity index (χ0n) is 12.8. The van der Waals surface area contributed by atoms with E-state index in [0.717, 1.165) is 12.8 Å². The van der Waals surface area contributed by atoms with Gasteiger partial charge in [0.2, 0.25) is 0 Å². The first-order chi connectivity index (χ1) is 9.76. The van der Waals surface area contributed by atoms with Crippen LogP contribution < -0.4 is 0 Å². The molecular formula is C17H22O4. The lowest BCUT2D eigenvalue weighted by Gasteiger charge is -2.23. The summed E-state index contributed by atoms with van der Waals surface area (Å²) >= 11 is 0. The zero-order chi connectivity index (χ0) is 15.6. The van der Waals surface area contributed by atoms with Crippen LogP contribution in [-0.4, -0.2) is 22.6 Å². The Bertz CT molecular complexity index is 517. The van der Waals surface area contributed by atoms with Crippen molar-refractivity contribution in [3.8, 4) is 0 Å². The van der Waals surface area contributed by atoms with Crippen molar-refractivity contribution in [2.24, 2.45) is 11.8 Å². The van der Waals surface area contributed by atoms with E-state index in [0.29, 0.717) is 0 Å². The number of carboxylic acid groups (broad SMARTS) is 1. The van der Waals surface area contributed by atoms with Gasteiger partial charge in [-0.05, 0) is 50.7 Å². The third-order valence-electron chi connectivity index (χ3n) is 3.78. The zero-order valence-corrected chi connectivity index (χ0v) is 12.8. The summed E-state index contributed by atoms with van der Waals surface area (Å²) in [5, 5.41) is 9.45. The molecule has 1 atom stereocenters. The van der Waals surface area contributed by atoms with Gasteiger partial charge >= 0.3 is 11.9 Å². The van der Waals surface area contributed by atoms with Crippen molar-refractivity contribution in [2.75, 3.05) is 0 Å². The first kappa shape index (κ1) is 15.5. The maximum atomic E-state index is 11.9. The highest BCUT2D eigenvalue weighted by molar-refractivity contribution is 5.79. The molecule has 1 aromatic carbocycles. The lowest BCUT2D eigenvalue weighted by Crippen LogP contribution is -2.31. The molecule has 2 rings (SSSR count). The SMILES string of the molecule is CC(C)(C)OC(=O)CC(C(=O)O)C1Cc2ccccc2C1. The van der Waals surface area contributed by atoms with Gasteiger partial charge in [0.25, 0.3) is 0 Å². The molecule has 114 valence electrons. The molecule has 0 fully saturated rings. The van der Waals surface area contributed by atoms with Crippen LogP contribution in [0.5, 0.6) is 0 Å². The number of hydrogen-bond acceptors (Lipinski definition) is 3. The van der Waals surface area contributed by atoms with E-state index in [-0.39, 0.29) is 12.3 Å². The van der Waals surface area contributed by atoms with E-state index >= 15 is 0 Å². The molecule has 1 aromatic rings. The Labute approximate surface area is 125 Å². The Morgan fingerprint density at radius 1 is 1.24 bits per heavy atom. The fourth-order valence-corrected chi connectivity index (χ4v) is 2.90. The van der Waals surface area contributed by atoms with Crippen LogP contribution in [0, 0.1) is 11.8 Å². The van der Waals surface area contributed by atoms with Crippen molar-refractivity contribution in [2.45, 2.75) is 45.6 Å². The molecule has 0 bridgehead atoms. The van der Waals surface area contributed by atoms with Gasteiger partial charge < -0.3 is 9.84 Å². The van der Waals surface area contributed by atoms with Gasteiger partial charge in [0, 0.05) is 0 Å². The molecule has 1 unspecified atom stereocenters. The third-order valence-corrected chi connectivity index (χ3v) is 3.78. The number of aliphatic carboxylic acids is 1. The molecule has 0 saturated carbocycles. The maximum absolute atomic E-state index is 11.9. The largest absolute Gasteiger partial charge is 0.481 e. The minimum atomic E-state index is -0.918. The van der Waals surface area contributed by atoms with Crippen LogP contribution in [0.2, 0.25) is 0 Å². The van der Waals surface area contributed by atoms with Gasteiger partial charge in [-0.1, -0.05) is 24.3 Å². The van der Waals surface area contributed by atoms with E-state index in [1.54, 1.807) is 20.8 Å². The van der Waals surface area contributed by atoms with Crippen LogP contribution >= 0.6 is 0 Å². The average Bonchev–Trinajstić information content (AvgIpc) is 2.76. The summed E-state index contributed by atoms with van der Waals surface area (Å²) in [5.74, 6) is -2.08. The second-order valence-electron chi connectivity index (χ2n) is 6.67. The van der Waals surface area contributed by atoms with Gasteiger partial charge in [0.15, 0.2) is 0 Å². The standard InChI is InChI=1S/C17H22O4/c1-17(2,3)21-15(18)10-14(16(19)20)13-8-11-6-4-5-7-12(11)9-13/h4-7,13-14H,8-10H2,1-3H3,(H,19,20). The highest BCUT2D eigenvalue weighted by atomic mass is 16.6. The predicted octanol–water partition coefficient (Wildman–Crippen LogP) is 2.83. The second-order valence-corrected chi connectivity index (χ2v) is 6.67. The lowest BCUT2D eigenvalue weighted by molar-refractivity contribution is -0.161. The molecule has 0 radical (unpaired) electrons. The Balaban J connectivity index is 2.05. The van der Waals surface area contributed by atoms with E-state index in [2.05, 4.69) is 0 Å². The third kappa shape index (κ3) is 4.06. The van der Waals surface area contributed by atoms with Crippen molar-refractivity contribution in [1.29, 1.82) is 0 Å². The molecular weight excluding hydrogens is 268 g/mol.